The summed E-state index contributed by atoms with van der Waals surface area (Å²) in [6.45, 7) is 6.69. The molecule has 1 amide bonds. The second-order valence-corrected chi connectivity index (χ2v) is 9.75. The van der Waals surface area contributed by atoms with Crippen molar-refractivity contribution in [3.05, 3.63) is 105 Å². The zero-order valence-electron chi connectivity index (χ0n) is 21.2. The molecular formula is C30H28FNO5. The second-order valence-electron chi connectivity index (χ2n) is 9.75. The average Bonchev–Trinajstić information content (AvgIpc) is 3.16. The molecule has 1 atom stereocenters. The van der Waals surface area contributed by atoms with Crippen molar-refractivity contribution in [2.45, 2.75) is 33.4 Å². The standard InChI is InChI=1S/C30H28FNO5/c1-17(2)16-36-24-12-8-20(14-25(24)35-4)27-26-28(33)22-13-18(3)5-11-23(22)37-29(26)30(34)32(27)15-19-6-9-21(31)10-7-19/h5-14,17,27H,15-16H2,1-4H3. The average molecular weight is 502 g/mol. The van der Waals surface area contributed by atoms with Crippen LogP contribution < -0.4 is 14.9 Å². The van der Waals surface area contributed by atoms with E-state index in [2.05, 4.69) is 13.8 Å². The summed E-state index contributed by atoms with van der Waals surface area (Å²) in [7, 11) is 1.55. The van der Waals surface area contributed by atoms with Crippen molar-refractivity contribution in [3.8, 4) is 11.5 Å². The van der Waals surface area contributed by atoms with Crippen LogP contribution in [0.2, 0.25) is 0 Å². The minimum absolute atomic E-state index is 0.0209. The minimum Gasteiger partial charge on any atom is -0.493 e. The van der Waals surface area contributed by atoms with Gasteiger partial charge < -0.3 is 18.8 Å². The summed E-state index contributed by atoms with van der Waals surface area (Å²) in [5.41, 5.74) is 2.71. The molecule has 1 aliphatic rings. The first kappa shape index (κ1) is 24.6. The molecule has 0 saturated heterocycles. The van der Waals surface area contributed by atoms with Crippen molar-refractivity contribution in [1.82, 2.24) is 4.90 Å². The van der Waals surface area contributed by atoms with Gasteiger partial charge in [0.15, 0.2) is 16.9 Å². The lowest BCUT2D eigenvalue weighted by molar-refractivity contribution is 0.0714. The summed E-state index contributed by atoms with van der Waals surface area (Å²) in [6, 6.07) is 16.0. The van der Waals surface area contributed by atoms with Crippen LogP contribution in [0.1, 0.15) is 52.7 Å². The van der Waals surface area contributed by atoms with E-state index in [1.807, 2.05) is 19.1 Å². The normalized spacial score (nSPS) is 14.9. The van der Waals surface area contributed by atoms with Gasteiger partial charge in [0.25, 0.3) is 5.91 Å². The predicted molar refractivity (Wildman–Crippen MR) is 139 cm³/mol. The fourth-order valence-electron chi connectivity index (χ4n) is 4.66. The molecule has 0 aliphatic carbocycles. The molecule has 7 heteroatoms. The van der Waals surface area contributed by atoms with Gasteiger partial charge in [0.1, 0.15) is 11.4 Å². The van der Waals surface area contributed by atoms with Crippen LogP contribution in [0.3, 0.4) is 0 Å². The number of halogens is 1. The number of fused-ring (bicyclic) bond motifs is 2. The van der Waals surface area contributed by atoms with Crippen molar-refractivity contribution < 1.29 is 23.1 Å². The highest BCUT2D eigenvalue weighted by molar-refractivity contribution is 5.99. The molecule has 37 heavy (non-hydrogen) atoms. The lowest BCUT2D eigenvalue weighted by Gasteiger charge is -2.26. The Morgan fingerprint density at radius 3 is 2.46 bits per heavy atom. The van der Waals surface area contributed by atoms with Crippen LogP contribution in [-0.2, 0) is 6.54 Å². The van der Waals surface area contributed by atoms with Crippen molar-refractivity contribution in [3.63, 3.8) is 0 Å². The van der Waals surface area contributed by atoms with E-state index in [4.69, 9.17) is 13.9 Å². The topological polar surface area (TPSA) is 69.0 Å². The number of rotatable bonds is 7. The van der Waals surface area contributed by atoms with E-state index in [0.29, 0.717) is 40.6 Å². The highest BCUT2D eigenvalue weighted by Crippen LogP contribution is 2.41. The summed E-state index contributed by atoms with van der Waals surface area (Å²) >= 11 is 0. The first-order chi connectivity index (χ1) is 17.8. The minimum atomic E-state index is -0.721. The second kappa shape index (κ2) is 9.73. The third kappa shape index (κ3) is 4.57. The van der Waals surface area contributed by atoms with E-state index in [9.17, 15) is 14.0 Å². The Bertz CT molecular complexity index is 1540. The first-order valence-electron chi connectivity index (χ1n) is 12.2. The van der Waals surface area contributed by atoms with Gasteiger partial charge >= 0.3 is 0 Å². The maximum absolute atomic E-state index is 13.8. The molecule has 0 radical (unpaired) electrons. The molecule has 2 heterocycles. The van der Waals surface area contributed by atoms with Crippen LogP contribution in [0.4, 0.5) is 4.39 Å². The molecule has 0 fully saturated rings. The summed E-state index contributed by atoms with van der Waals surface area (Å²) < 4.78 is 31.1. The Kier molecular flexibility index (Phi) is 6.46. The van der Waals surface area contributed by atoms with E-state index >= 15 is 0 Å². The van der Waals surface area contributed by atoms with Gasteiger partial charge in [-0.3, -0.25) is 9.59 Å². The van der Waals surface area contributed by atoms with E-state index in [-0.39, 0.29) is 29.1 Å². The highest BCUT2D eigenvalue weighted by atomic mass is 19.1. The van der Waals surface area contributed by atoms with Gasteiger partial charge in [0.2, 0.25) is 5.76 Å². The molecular weight excluding hydrogens is 473 g/mol. The molecule has 4 aromatic rings. The maximum Gasteiger partial charge on any atom is 0.291 e. The number of hydrogen-bond donors (Lipinski definition) is 0. The number of methoxy groups -OCH3 is 1. The Balaban J connectivity index is 1.67. The number of amides is 1. The maximum atomic E-state index is 13.8. The van der Waals surface area contributed by atoms with E-state index in [1.54, 1.807) is 48.4 Å². The third-order valence-corrected chi connectivity index (χ3v) is 6.46. The molecule has 190 valence electrons. The molecule has 5 rings (SSSR count). The smallest absolute Gasteiger partial charge is 0.291 e. The van der Waals surface area contributed by atoms with Gasteiger partial charge in [-0.1, -0.05) is 43.7 Å². The predicted octanol–water partition coefficient (Wildman–Crippen LogP) is 6.03. The van der Waals surface area contributed by atoms with Crippen LogP contribution in [0.15, 0.2) is 69.9 Å². The molecule has 0 bridgehead atoms. The number of aryl methyl sites for hydroxylation is 1. The molecule has 0 N–H and O–H groups in total. The summed E-state index contributed by atoms with van der Waals surface area (Å²) in [4.78, 5) is 29.1. The molecule has 6 nitrogen and oxygen atoms in total. The van der Waals surface area contributed by atoms with Gasteiger partial charge in [-0.25, -0.2) is 4.39 Å². The van der Waals surface area contributed by atoms with Crippen LogP contribution in [-0.4, -0.2) is 24.5 Å². The quantitative estimate of drug-likeness (QED) is 0.309. The number of carbonyl (C=O) groups is 1. The number of benzene rings is 3. The molecule has 1 aliphatic heterocycles. The molecule has 1 aromatic heterocycles. The fraction of sp³-hybridized carbons (Fsp3) is 0.267. The van der Waals surface area contributed by atoms with Gasteiger partial charge in [-0.2, -0.15) is 0 Å². The number of hydrogen-bond acceptors (Lipinski definition) is 5. The number of nitrogens with zero attached hydrogens (tertiary/aromatic N) is 1. The Morgan fingerprint density at radius 2 is 1.76 bits per heavy atom. The molecule has 0 saturated carbocycles. The van der Waals surface area contributed by atoms with E-state index in [1.165, 1.54) is 12.1 Å². The SMILES string of the molecule is COc1cc(C2c3c(oc4ccc(C)cc4c3=O)C(=O)N2Cc2ccc(F)cc2)ccc1OCC(C)C. The van der Waals surface area contributed by atoms with E-state index in [0.717, 1.165) is 11.1 Å². The van der Waals surface area contributed by atoms with Crippen LogP contribution >= 0.6 is 0 Å². The number of ether oxygens (including phenoxy) is 2. The van der Waals surface area contributed by atoms with Gasteiger partial charge in [0.05, 0.1) is 30.7 Å². The Morgan fingerprint density at radius 1 is 1.00 bits per heavy atom. The van der Waals surface area contributed by atoms with E-state index < -0.39 is 11.9 Å². The van der Waals surface area contributed by atoms with Gasteiger partial charge in [-0.05, 0) is 60.4 Å². The summed E-state index contributed by atoms with van der Waals surface area (Å²) in [6.07, 6.45) is 0. The van der Waals surface area contributed by atoms with Crippen LogP contribution in [0.5, 0.6) is 11.5 Å². The largest absolute Gasteiger partial charge is 0.493 e. The van der Waals surface area contributed by atoms with Crippen LogP contribution in [0, 0.1) is 18.7 Å². The zero-order valence-corrected chi connectivity index (χ0v) is 21.2. The van der Waals surface area contributed by atoms with Crippen LogP contribution in [0.25, 0.3) is 11.0 Å². The number of carbonyl (C=O) groups excluding carboxylic acids is 1. The Hall–Kier alpha value is -4.13. The van der Waals surface area contributed by atoms with Crippen molar-refractivity contribution in [1.29, 1.82) is 0 Å². The first-order valence-corrected chi connectivity index (χ1v) is 12.2. The van der Waals surface area contributed by atoms with Crippen molar-refractivity contribution in [2.24, 2.45) is 5.92 Å². The fourth-order valence-corrected chi connectivity index (χ4v) is 4.66. The highest BCUT2D eigenvalue weighted by Gasteiger charge is 2.43. The summed E-state index contributed by atoms with van der Waals surface area (Å²) in [5, 5.41) is 0.420. The van der Waals surface area contributed by atoms with Gasteiger partial charge in [0, 0.05) is 6.54 Å². The van der Waals surface area contributed by atoms with Gasteiger partial charge in [-0.15, -0.1) is 0 Å². The molecule has 3 aromatic carbocycles. The molecule has 0 spiro atoms. The van der Waals surface area contributed by atoms with Crippen molar-refractivity contribution >= 4 is 16.9 Å². The lowest BCUT2D eigenvalue weighted by atomic mass is 9.97. The third-order valence-electron chi connectivity index (χ3n) is 6.46. The lowest BCUT2D eigenvalue weighted by Crippen LogP contribution is -2.29. The Labute approximate surface area is 214 Å². The summed E-state index contributed by atoms with van der Waals surface area (Å²) in [5.74, 6) is 0.668. The molecule has 1 unspecified atom stereocenters. The monoisotopic (exact) mass is 501 g/mol. The zero-order chi connectivity index (χ0) is 26.3. The van der Waals surface area contributed by atoms with Crippen molar-refractivity contribution in [2.75, 3.05) is 13.7 Å².